The Morgan fingerprint density at radius 1 is 0.979 bits per heavy atom. The number of rotatable bonds is 4. The fraction of sp³-hybridized carbons (Fsp3) is 0.444. The second kappa shape index (κ2) is 11.9. The van der Waals surface area contributed by atoms with Crippen LogP contribution in [0.4, 0.5) is 37.0 Å². The van der Waals surface area contributed by atoms with Gasteiger partial charge in [0.25, 0.3) is 11.5 Å². The molecule has 1 amide bonds. The second-order valence-corrected chi connectivity index (χ2v) is 14.7. The maximum atomic E-state index is 12.8. The van der Waals surface area contributed by atoms with Crippen molar-refractivity contribution in [3.8, 4) is 0 Å². The van der Waals surface area contributed by atoms with Gasteiger partial charge in [0.2, 0.25) is 5.01 Å². The van der Waals surface area contributed by atoms with E-state index in [0.29, 0.717) is 28.5 Å². The van der Waals surface area contributed by atoms with E-state index in [1.807, 2.05) is 0 Å². The first kappa shape index (κ1) is 34.0. The van der Waals surface area contributed by atoms with Crippen molar-refractivity contribution >= 4 is 72.4 Å². The van der Waals surface area contributed by atoms with E-state index in [-0.39, 0.29) is 42.9 Å². The molecule has 0 atom stereocenters. The fourth-order valence-electron chi connectivity index (χ4n) is 4.54. The molecule has 0 aromatic carbocycles. The van der Waals surface area contributed by atoms with E-state index < -0.39 is 45.5 Å². The third kappa shape index (κ3) is 7.12. The number of hydrogen-bond donors (Lipinski definition) is 2. The number of carbonyl (C=O) groups excluding carboxylic acids is 2. The van der Waals surface area contributed by atoms with Gasteiger partial charge in [-0.3, -0.25) is 9.59 Å². The molecule has 0 spiro atoms. The molecule has 21 heteroatoms. The van der Waals surface area contributed by atoms with Crippen LogP contribution in [0.5, 0.6) is 0 Å². The first-order valence-electron chi connectivity index (χ1n) is 14.2. The number of ether oxygens (including phenoxy) is 1. The van der Waals surface area contributed by atoms with Gasteiger partial charge < -0.3 is 15.0 Å². The molecule has 0 radical (unpaired) electrons. The molecule has 48 heavy (non-hydrogen) atoms. The number of anilines is 1. The molecule has 2 fully saturated rings. The number of H-pyrrole nitrogens is 1. The highest BCUT2D eigenvalue weighted by atomic mass is 79.9. The van der Waals surface area contributed by atoms with Crippen LogP contribution in [0.1, 0.15) is 89.1 Å². The van der Waals surface area contributed by atoms with Crippen molar-refractivity contribution in [3.63, 3.8) is 0 Å². The highest BCUT2D eigenvalue weighted by molar-refractivity contribution is 9.10. The number of amides is 1. The normalized spacial score (nSPS) is 15.5. The van der Waals surface area contributed by atoms with E-state index in [1.54, 1.807) is 27.0 Å². The smallest absolute Gasteiger partial charge is 0.442 e. The molecule has 5 heterocycles. The molecule has 2 saturated carbocycles. The van der Waals surface area contributed by atoms with Crippen LogP contribution in [0, 0.1) is 0 Å². The van der Waals surface area contributed by atoms with E-state index in [2.05, 4.69) is 46.4 Å². The molecule has 2 aliphatic rings. The summed E-state index contributed by atoms with van der Waals surface area (Å²) in [6.45, 7) is 5.12. The maximum Gasteiger partial charge on any atom is 0.443 e. The maximum absolute atomic E-state index is 12.8. The van der Waals surface area contributed by atoms with Crippen LogP contribution < -0.4 is 10.9 Å². The summed E-state index contributed by atoms with van der Waals surface area (Å²) in [5.41, 5.74) is 0.634. The van der Waals surface area contributed by atoms with Crippen LogP contribution >= 0.6 is 38.6 Å². The standard InChI is InChI=1S/C16H16BrF3N4O3S.C11H7F3N4OS/c1-15(2,3)27-14(26)24-6-8(7-4-5-7)11(23-24)22-12(25)9-10(17)21-13(28-9)16(18,19)20;12-11(13,14)10-17-8-6(20-10)9(19)16-7-5(4-1-2-4)3-15-18(7)8/h6-7H,4-5H2,1-3H3,(H,22,23,25);3-4H,1-2H2,(H,16,19). The first-order valence-corrected chi connectivity index (χ1v) is 16.6. The van der Waals surface area contributed by atoms with Crippen LogP contribution in [-0.2, 0) is 17.1 Å². The summed E-state index contributed by atoms with van der Waals surface area (Å²) in [6.07, 6.45) is -3.11. The summed E-state index contributed by atoms with van der Waals surface area (Å²) >= 11 is 3.45. The van der Waals surface area contributed by atoms with Gasteiger partial charge in [-0.15, -0.1) is 27.8 Å². The molecule has 0 saturated heterocycles. The molecular formula is C27H23BrF6N8O4S2. The van der Waals surface area contributed by atoms with Gasteiger partial charge in [-0.25, -0.2) is 14.8 Å². The van der Waals surface area contributed by atoms with Gasteiger partial charge in [-0.1, -0.05) is 0 Å². The van der Waals surface area contributed by atoms with Crippen LogP contribution in [0.25, 0.3) is 16.0 Å². The minimum Gasteiger partial charge on any atom is -0.442 e. The average Bonchev–Trinajstić information content (AvgIpc) is 3.78. The number of alkyl halides is 6. The van der Waals surface area contributed by atoms with Crippen LogP contribution in [0.2, 0.25) is 0 Å². The number of halogens is 7. The Morgan fingerprint density at radius 3 is 2.15 bits per heavy atom. The molecule has 2 N–H and O–H groups in total. The lowest BCUT2D eigenvalue weighted by molar-refractivity contribution is -0.138. The van der Waals surface area contributed by atoms with Gasteiger partial charge in [0.15, 0.2) is 16.5 Å². The summed E-state index contributed by atoms with van der Waals surface area (Å²) in [5.74, 6) is -0.216. The van der Waals surface area contributed by atoms with Gasteiger partial charge in [-0.2, -0.15) is 40.6 Å². The lowest BCUT2D eigenvalue weighted by Gasteiger charge is -2.18. The second-order valence-electron chi connectivity index (χ2n) is 12.0. The summed E-state index contributed by atoms with van der Waals surface area (Å²) in [6, 6.07) is 0. The molecule has 5 aromatic rings. The Balaban J connectivity index is 0.000000176. The van der Waals surface area contributed by atoms with Crippen LogP contribution in [0.15, 0.2) is 21.8 Å². The van der Waals surface area contributed by atoms with E-state index in [9.17, 15) is 40.7 Å². The Bertz CT molecular complexity index is 2120. The third-order valence-corrected chi connectivity index (χ3v) is 9.94. The zero-order chi connectivity index (χ0) is 34.9. The molecule has 2 aliphatic carbocycles. The summed E-state index contributed by atoms with van der Waals surface area (Å²) in [7, 11) is 0. The lowest BCUT2D eigenvalue weighted by atomic mass is 10.2. The monoisotopic (exact) mass is 780 g/mol. The van der Waals surface area contributed by atoms with Crippen molar-refractivity contribution in [3.05, 3.63) is 53.4 Å². The zero-order valence-corrected chi connectivity index (χ0v) is 28.1. The van der Waals surface area contributed by atoms with Gasteiger partial charge in [0, 0.05) is 17.3 Å². The van der Waals surface area contributed by atoms with Crippen LogP contribution in [0.3, 0.4) is 0 Å². The number of carbonyl (C=O) groups is 2. The third-order valence-electron chi connectivity index (χ3n) is 6.91. The number of thiazole rings is 2. The molecule has 12 nitrogen and oxygen atoms in total. The minimum absolute atomic E-state index is 0.0343. The number of hydrogen-bond acceptors (Lipinski definition) is 10. The van der Waals surface area contributed by atoms with Crippen molar-refractivity contribution in [2.75, 3.05) is 5.32 Å². The number of aromatic amines is 1. The van der Waals surface area contributed by atoms with Gasteiger partial charge in [0.05, 0.1) is 6.20 Å². The Kier molecular flexibility index (Phi) is 8.46. The molecule has 5 aromatic heterocycles. The minimum atomic E-state index is -4.65. The number of nitrogens with one attached hydrogen (secondary N) is 2. The summed E-state index contributed by atoms with van der Waals surface area (Å²) in [4.78, 5) is 45.9. The summed E-state index contributed by atoms with van der Waals surface area (Å²) in [5, 5.41) is 8.45. The van der Waals surface area contributed by atoms with E-state index in [4.69, 9.17) is 4.74 Å². The zero-order valence-electron chi connectivity index (χ0n) is 24.9. The average molecular weight is 782 g/mol. The van der Waals surface area contributed by atoms with E-state index in [0.717, 1.165) is 35.9 Å². The van der Waals surface area contributed by atoms with E-state index in [1.165, 1.54) is 10.7 Å². The highest BCUT2D eigenvalue weighted by Crippen LogP contribution is 2.44. The molecular weight excluding hydrogens is 758 g/mol. The SMILES string of the molecule is CC(C)(C)OC(=O)n1cc(C2CC2)c(NC(=O)c2sc(C(F)(F)F)nc2Br)n1.O=c1[nH]c2c(C3CC3)cnn2c2nc(C(F)(F)F)sc12. The molecule has 0 aliphatic heterocycles. The predicted octanol–water partition coefficient (Wildman–Crippen LogP) is 7.56. The van der Waals surface area contributed by atoms with Crippen LogP contribution in [-0.4, -0.2) is 51.9 Å². The summed E-state index contributed by atoms with van der Waals surface area (Å²) < 4.78 is 83.8. The predicted molar refractivity (Wildman–Crippen MR) is 165 cm³/mol. The molecule has 256 valence electrons. The first-order chi connectivity index (χ1) is 22.3. The van der Waals surface area contributed by atoms with Crippen molar-refractivity contribution in [2.24, 2.45) is 0 Å². The Morgan fingerprint density at radius 2 is 1.58 bits per heavy atom. The number of aromatic nitrogens is 7. The van der Waals surface area contributed by atoms with Crippen molar-refractivity contribution < 1.29 is 40.7 Å². The molecule has 0 bridgehead atoms. The van der Waals surface area contributed by atoms with Gasteiger partial charge in [0.1, 0.15) is 25.4 Å². The van der Waals surface area contributed by atoms with Crippen molar-refractivity contribution in [2.45, 2.75) is 76.2 Å². The van der Waals surface area contributed by atoms with Crippen molar-refractivity contribution in [1.29, 1.82) is 0 Å². The highest BCUT2D eigenvalue weighted by Gasteiger charge is 2.38. The molecule has 7 rings (SSSR count). The quantitative estimate of drug-likeness (QED) is 0.178. The lowest BCUT2D eigenvalue weighted by Crippen LogP contribution is -2.27. The largest absolute Gasteiger partial charge is 0.443 e. The number of nitrogens with zero attached hydrogens (tertiary/aromatic N) is 6. The van der Waals surface area contributed by atoms with Gasteiger partial charge in [-0.05, 0) is 74.2 Å². The van der Waals surface area contributed by atoms with E-state index >= 15 is 0 Å². The number of fused-ring (bicyclic) bond motifs is 3. The topological polar surface area (TPSA) is 149 Å². The Labute approximate surface area is 281 Å². The van der Waals surface area contributed by atoms with Crippen molar-refractivity contribution in [1.82, 2.24) is 34.3 Å². The molecule has 0 unspecified atom stereocenters. The van der Waals surface area contributed by atoms with Gasteiger partial charge >= 0.3 is 18.4 Å². The fourth-order valence-corrected chi connectivity index (χ4v) is 6.78. The Hall–Kier alpha value is -3.85.